The van der Waals surface area contributed by atoms with Crippen LogP contribution in [0.4, 0.5) is 0 Å². The molecule has 0 aliphatic heterocycles. The van der Waals surface area contributed by atoms with E-state index in [4.69, 9.17) is 0 Å². The highest BCUT2D eigenvalue weighted by Crippen LogP contribution is 1.91. The highest BCUT2D eigenvalue weighted by atomic mass is 16.1. The van der Waals surface area contributed by atoms with Gasteiger partial charge in [0.05, 0.1) is 12.7 Å². The summed E-state index contributed by atoms with van der Waals surface area (Å²) in [5.74, 6) is 0.0427. The van der Waals surface area contributed by atoms with Crippen LogP contribution in [0.3, 0.4) is 0 Å². The van der Waals surface area contributed by atoms with Gasteiger partial charge in [0.1, 0.15) is 0 Å². The van der Waals surface area contributed by atoms with E-state index in [2.05, 4.69) is 15.3 Å². The van der Waals surface area contributed by atoms with Gasteiger partial charge in [-0.25, -0.2) is 4.98 Å². The lowest BCUT2D eigenvalue weighted by atomic mass is 10.3. The first-order valence-electron chi connectivity index (χ1n) is 4.07. The first-order chi connectivity index (χ1) is 5.83. The third-order valence-corrected chi connectivity index (χ3v) is 1.48. The highest BCUT2D eigenvalue weighted by molar-refractivity contribution is 5.77. The van der Waals surface area contributed by atoms with Gasteiger partial charge in [0.15, 0.2) is 0 Å². The smallest absolute Gasteiger partial charge is 0.225 e. The summed E-state index contributed by atoms with van der Waals surface area (Å²) in [5.41, 5.74) is 0.851. The molecule has 0 spiro atoms. The van der Waals surface area contributed by atoms with Gasteiger partial charge in [0.25, 0.3) is 0 Å². The minimum Gasteiger partial charge on any atom is -0.356 e. The van der Waals surface area contributed by atoms with E-state index in [1.54, 1.807) is 12.5 Å². The standard InChI is InChI=1S/C8H13N3O/c1-2-3-10-8(12)4-7-5-9-6-11-7/h5-6H,2-4H2,1H3,(H,9,11)(H,10,12). The largest absolute Gasteiger partial charge is 0.356 e. The van der Waals surface area contributed by atoms with Crippen LogP contribution in [-0.4, -0.2) is 22.4 Å². The zero-order valence-corrected chi connectivity index (χ0v) is 7.13. The molecule has 1 amide bonds. The Kier molecular flexibility index (Phi) is 3.32. The Balaban J connectivity index is 2.27. The number of H-pyrrole nitrogens is 1. The minimum absolute atomic E-state index is 0.0427. The molecule has 0 aliphatic carbocycles. The van der Waals surface area contributed by atoms with Gasteiger partial charge >= 0.3 is 0 Å². The molecule has 0 aliphatic rings. The van der Waals surface area contributed by atoms with Crippen LogP contribution in [0.2, 0.25) is 0 Å². The number of carbonyl (C=O) groups is 1. The Morgan fingerprint density at radius 1 is 1.75 bits per heavy atom. The van der Waals surface area contributed by atoms with Crippen molar-refractivity contribution in [2.45, 2.75) is 19.8 Å². The maximum Gasteiger partial charge on any atom is 0.225 e. The molecule has 0 saturated heterocycles. The maximum atomic E-state index is 11.1. The summed E-state index contributed by atoms with van der Waals surface area (Å²) >= 11 is 0. The Morgan fingerprint density at radius 2 is 2.58 bits per heavy atom. The third kappa shape index (κ3) is 2.74. The number of amides is 1. The molecule has 1 aromatic rings. The van der Waals surface area contributed by atoms with Crippen molar-refractivity contribution in [1.29, 1.82) is 0 Å². The Labute approximate surface area is 71.4 Å². The molecule has 0 aromatic carbocycles. The van der Waals surface area contributed by atoms with Gasteiger partial charge in [-0.2, -0.15) is 0 Å². The summed E-state index contributed by atoms with van der Waals surface area (Å²) in [6.45, 7) is 2.77. The molecule has 1 heterocycles. The molecule has 0 unspecified atom stereocenters. The first kappa shape index (κ1) is 8.77. The number of carbonyl (C=O) groups excluding carboxylic acids is 1. The summed E-state index contributed by atoms with van der Waals surface area (Å²) in [4.78, 5) is 17.8. The molecule has 2 N–H and O–H groups in total. The van der Waals surface area contributed by atoms with Gasteiger partial charge in [0.2, 0.25) is 5.91 Å². The van der Waals surface area contributed by atoms with Crippen molar-refractivity contribution >= 4 is 5.91 Å². The van der Waals surface area contributed by atoms with Crippen molar-refractivity contribution in [2.75, 3.05) is 6.54 Å². The van der Waals surface area contributed by atoms with E-state index in [1.807, 2.05) is 6.92 Å². The number of nitrogens with zero attached hydrogens (tertiary/aromatic N) is 1. The molecule has 12 heavy (non-hydrogen) atoms. The molecule has 0 fully saturated rings. The fourth-order valence-electron chi connectivity index (χ4n) is 0.881. The highest BCUT2D eigenvalue weighted by Gasteiger charge is 2.01. The fourth-order valence-corrected chi connectivity index (χ4v) is 0.881. The van der Waals surface area contributed by atoms with Crippen LogP contribution in [0.25, 0.3) is 0 Å². The lowest BCUT2D eigenvalue weighted by Gasteiger charge is -2.00. The number of imidazole rings is 1. The van der Waals surface area contributed by atoms with E-state index in [9.17, 15) is 4.79 Å². The van der Waals surface area contributed by atoms with Crippen LogP contribution in [0.1, 0.15) is 19.0 Å². The van der Waals surface area contributed by atoms with E-state index in [0.29, 0.717) is 6.42 Å². The van der Waals surface area contributed by atoms with E-state index < -0.39 is 0 Å². The Hall–Kier alpha value is -1.32. The number of aromatic amines is 1. The van der Waals surface area contributed by atoms with Crippen LogP contribution in [0.5, 0.6) is 0 Å². The van der Waals surface area contributed by atoms with Crippen molar-refractivity contribution in [3.05, 3.63) is 18.2 Å². The van der Waals surface area contributed by atoms with Crippen LogP contribution < -0.4 is 5.32 Å². The first-order valence-corrected chi connectivity index (χ1v) is 4.07. The molecular formula is C8H13N3O. The molecular weight excluding hydrogens is 154 g/mol. The van der Waals surface area contributed by atoms with Crippen molar-refractivity contribution in [2.24, 2.45) is 0 Å². The van der Waals surface area contributed by atoms with Crippen molar-refractivity contribution in [3.63, 3.8) is 0 Å². The predicted molar refractivity (Wildman–Crippen MR) is 45.6 cm³/mol. The summed E-state index contributed by atoms with van der Waals surface area (Å²) in [7, 11) is 0. The number of nitrogens with one attached hydrogen (secondary N) is 2. The van der Waals surface area contributed by atoms with Gasteiger partial charge in [-0.15, -0.1) is 0 Å². The zero-order chi connectivity index (χ0) is 8.81. The quantitative estimate of drug-likeness (QED) is 0.685. The Morgan fingerprint density at radius 3 is 3.17 bits per heavy atom. The van der Waals surface area contributed by atoms with Gasteiger partial charge < -0.3 is 10.3 Å². The summed E-state index contributed by atoms with van der Waals surface area (Å²) < 4.78 is 0. The molecule has 66 valence electrons. The average Bonchev–Trinajstić information content (AvgIpc) is 2.53. The molecule has 1 rings (SSSR count). The molecule has 0 atom stereocenters. The van der Waals surface area contributed by atoms with E-state index >= 15 is 0 Å². The third-order valence-electron chi connectivity index (χ3n) is 1.48. The van der Waals surface area contributed by atoms with Crippen molar-refractivity contribution in [3.8, 4) is 0 Å². The van der Waals surface area contributed by atoms with Crippen LogP contribution in [0.15, 0.2) is 12.5 Å². The van der Waals surface area contributed by atoms with Crippen molar-refractivity contribution in [1.82, 2.24) is 15.3 Å². The second kappa shape index (κ2) is 4.54. The summed E-state index contributed by atoms with van der Waals surface area (Å²) in [6, 6.07) is 0. The number of aromatic nitrogens is 2. The second-order valence-corrected chi connectivity index (χ2v) is 2.60. The molecule has 0 bridgehead atoms. The molecule has 4 nitrogen and oxygen atoms in total. The van der Waals surface area contributed by atoms with Gasteiger partial charge in [0, 0.05) is 18.4 Å². The van der Waals surface area contributed by atoms with Crippen LogP contribution in [0, 0.1) is 0 Å². The van der Waals surface area contributed by atoms with Crippen molar-refractivity contribution < 1.29 is 4.79 Å². The molecule has 4 heteroatoms. The van der Waals surface area contributed by atoms with Crippen LogP contribution in [-0.2, 0) is 11.2 Å². The van der Waals surface area contributed by atoms with E-state index in [1.165, 1.54) is 0 Å². The summed E-state index contributed by atoms with van der Waals surface area (Å²) in [6.07, 6.45) is 4.59. The molecule has 0 radical (unpaired) electrons. The SMILES string of the molecule is CCCNC(=O)Cc1cnc[nH]1. The molecule has 1 aromatic heterocycles. The monoisotopic (exact) mass is 167 g/mol. The average molecular weight is 167 g/mol. The lowest BCUT2D eigenvalue weighted by molar-refractivity contribution is -0.120. The number of hydrogen-bond donors (Lipinski definition) is 2. The minimum atomic E-state index is 0.0427. The number of rotatable bonds is 4. The fraction of sp³-hybridized carbons (Fsp3) is 0.500. The Bertz CT molecular complexity index is 230. The van der Waals surface area contributed by atoms with Gasteiger partial charge in [-0.1, -0.05) is 6.92 Å². The summed E-state index contributed by atoms with van der Waals surface area (Å²) in [5, 5.41) is 2.78. The van der Waals surface area contributed by atoms with E-state index in [-0.39, 0.29) is 5.91 Å². The maximum absolute atomic E-state index is 11.1. The number of hydrogen-bond acceptors (Lipinski definition) is 2. The lowest BCUT2D eigenvalue weighted by Crippen LogP contribution is -2.25. The second-order valence-electron chi connectivity index (χ2n) is 2.60. The van der Waals surface area contributed by atoms with Gasteiger partial charge in [-0.05, 0) is 6.42 Å². The van der Waals surface area contributed by atoms with Gasteiger partial charge in [-0.3, -0.25) is 4.79 Å². The predicted octanol–water partition coefficient (Wildman–Crippen LogP) is 0.478. The molecule has 0 saturated carbocycles. The van der Waals surface area contributed by atoms with E-state index in [0.717, 1.165) is 18.7 Å². The zero-order valence-electron chi connectivity index (χ0n) is 7.13. The normalized spacial score (nSPS) is 9.75. The van der Waals surface area contributed by atoms with Crippen LogP contribution >= 0.6 is 0 Å². The topological polar surface area (TPSA) is 57.8 Å².